The van der Waals surface area contributed by atoms with Crippen LogP contribution in [0.3, 0.4) is 0 Å². The fourth-order valence-corrected chi connectivity index (χ4v) is 4.88. The van der Waals surface area contributed by atoms with Crippen molar-refractivity contribution in [3.63, 3.8) is 0 Å². The number of imidazole rings is 1. The van der Waals surface area contributed by atoms with E-state index in [0.29, 0.717) is 17.9 Å². The van der Waals surface area contributed by atoms with Gasteiger partial charge in [-0.2, -0.15) is 0 Å². The molecule has 4 nitrogen and oxygen atoms in total. The van der Waals surface area contributed by atoms with Crippen LogP contribution >= 0.6 is 0 Å². The highest BCUT2D eigenvalue weighted by Crippen LogP contribution is 2.44. The molecule has 4 heteroatoms. The summed E-state index contributed by atoms with van der Waals surface area (Å²) in [5.74, 6) is 1.33. The highest BCUT2D eigenvalue weighted by Gasteiger charge is 2.39. The van der Waals surface area contributed by atoms with Gasteiger partial charge in [-0.05, 0) is 43.0 Å². The number of fused-ring (bicyclic) bond motifs is 2. The summed E-state index contributed by atoms with van der Waals surface area (Å²) in [6.07, 6.45) is 10.6. The summed E-state index contributed by atoms with van der Waals surface area (Å²) in [7, 11) is 2.30. The van der Waals surface area contributed by atoms with Gasteiger partial charge in [-0.1, -0.05) is 12.1 Å². The number of benzene rings is 1. The first kappa shape index (κ1) is 13.4. The number of nitrogens with one attached hydrogen (secondary N) is 1. The summed E-state index contributed by atoms with van der Waals surface area (Å²) in [5, 5.41) is 1.49. The topological polar surface area (TPSA) is 36.9 Å². The molecular weight excluding hydrogens is 284 g/mol. The molecule has 0 unspecified atom stereocenters. The van der Waals surface area contributed by atoms with Gasteiger partial charge in [0.15, 0.2) is 0 Å². The smallest absolute Gasteiger partial charge is 0.0946 e. The molecule has 2 aromatic heterocycles. The van der Waals surface area contributed by atoms with Crippen molar-refractivity contribution in [1.82, 2.24) is 19.4 Å². The number of rotatable bonds is 2. The maximum atomic E-state index is 4.19. The van der Waals surface area contributed by atoms with E-state index in [-0.39, 0.29) is 0 Å². The second-order valence-electron chi connectivity index (χ2n) is 7.26. The standard InChI is InChI=1S/C19H22N4/c1-22-10-13(11-23-6-5-20-12-23)7-16-15-3-2-4-17-19(15)14(9-21-17)8-18(16)22/h2-6,9,12-13,16,18,21H,7-8,10-11H2,1H3/t13-,16-,18-/m1/s1. The lowest BCUT2D eigenvalue weighted by molar-refractivity contribution is 0.103. The molecule has 2 aliphatic rings. The van der Waals surface area contributed by atoms with E-state index in [0.717, 1.165) is 6.54 Å². The molecule has 1 aliphatic heterocycles. The van der Waals surface area contributed by atoms with Crippen LogP contribution in [0.1, 0.15) is 23.5 Å². The molecule has 0 radical (unpaired) electrons. The van der Waals surface area contributed by atoms with Crippen molar-refractivity contribution in [2.45, 2.75) is 31.3 Å². The quantitative estimate of drug-likeness (QED) is 0.790. The molecule has 1 N–H and O–H groups in total. The number of nitrogens with zero attached hydrogens (tertiary/aromatic N) is 3. The third-order valence-electron chi connectivity index (χ3n) is 5.84. The maximum Gasteiger partial charge on any atom is 0.0946 e. The Kier molecular flexibility index (Phi) is 2.89. The summed E-state index contributed by atoms with van der Waals surface area (Å²) in [6, 6.07) is 7.41. The lowest BCUT2D eigenvalue weighted by Gasteiger charge is -2.45. The van der Waals surface area contributed by atoms with Crippen LogP contribution in [0.2, 0.25) is 0 Å². The second kappa shape index (κ2) is 4.96. The zero-order valence-corrected chi connectivity index (χ0v) is 13.4. The number of aromatic amines is 1. The average Bonchev–Trinajstić information content (AvgIpc) is 3.20. The van der Waals surface area contributed by atoms with Gasteiger partial charge in [0.05, 0.1) is 6.33 Å². The Labute approximate surface area is 136 Å². The highest BCUT2D eigenvalue weighted by atomic mass is 15.2. The van der Waals surface area contributed by atoms with Gasteiger partial charge in [-0.15, -0.1) is 0 Å². The van der Waals surface area contributed by atoms with Gasteiger partial charge in [0.25, 0.3) is 0 Å². The van der Waals surface area contributed by atoms with Gasteiger partial charge in [-0.25, -0.2) is 4.98 Å². The van der Waals surface area contributed by atoms with Crippen molar-refractivity contribution in [3.8, 4) is 0 Å². The Morgan fingerprint density at radius 1 is 1.35 bits per heavy atom. The third-order valence-corrected chi connectivity index (χ3v) is 5.84. The summed E-state index contributed by atoms with van der Waals surface area (Å²) >= 11 is 0. The molecule has 0 spiro atoms. The second-order valence-corrected chi connectivity index (χ2v) is 7.26. The van der Waals surface area contributed by atoms with Crippen molar-refractivity contribution < 1.29 is 0 Å². The molecule has 23 heavy (non-hydrogen) atoms. The largest absolute Gasteiger partial charge is 0.361 e. The van der Waals surface area contributed by atoms with Crippen LogP contribution in [-0.2, 0) is 13.0 Å². The van der Waals surface area contributed by atoms with Crippen molar-refractivity contribution in [2.24, 2.45) is 5.92 Å². The fourth-order valence-electron chi connectivity index (χ4n) is 4.88. The normalized spacial score (nSPS) is 27.3. The number of piperidine rings is 1. The monoisotopic (exact) mass is 306 g/mol. The van der Waals surface area contributed by atoms with Gasteiger partial charge in [0.2, 0.25) is 0 Å². The number of H-pyrrole nitrogens is 1. The number of hydrogen-bond acceptors (Lipinski definition) is 2. The van der Waals surface area contributed by atoms with E-state index >= 15 is 0 Å². The Bertz CT molecular complexity index is 832. The number of aromatic nitrogens is 3. The lowest BCUT2D eigenvalue weighted by atomic mass is 9.72. The molecule has 1 saturated heterocycles. The minimum atomic E-state index is 0.642. The summed E-state index contributed by atoms with van der Waals surface area (Å²) < 4.78 is 2.23. The molecule has 1 fully saturated rings. The molecule has 118 valence electrons. The molecule has 1 aromatic carbocycles. The van der Waals surface area contributed by atoms with Gasteiger partial charge in [0, 0.05) is 54.5 Å². The van der Waals surface area contributed by atoms with Crippen LogP contribution in [0.5, 0.6) is 0 Å². The van der Waals surface area contributed by atoms with Crippen LogP contribution in [0.15, 0.2) is 43.1 Å². The van der Waals surface area contributed by atoms with Crippen LogP contribution in [0, 0.1) is 5.92 Å². The minimum Gasteiger partial charge on any atom is -0.361 e. The summed E-state index contributed by atoms with van der Waals surface area (Å²) in [4.78, 5) is 10.2. The SMILES string of the molecule is CN1C[C@H](Cn2ccnc2)C[C@@H]2c3cccc4[nH]cc(c34)C[C@H]21. The molecule has 0 saturated carbocycles. The van der Waals surface area contributed by atoms with Gasteiger partial charge < -0.3 is 14.5 Å². The molecule has 3 aromatic rings. The minimum absolute atomic E-state index is 0.642. The molecule has 3 atom stereocenters. The molecule has 0 bridgehead atoms. The molecular formula is C19H22N4. The average molecular weight is 306 g/mol. The lowest BCUT2D eigenvalue weighted by Crippen LogP contribution is -2.48. The van der Waals surface area contributed by atoms with E-state index < -0.39 is 0 Å². The van der Waals surface area contributed by atoms with Crippen molar-refractivity contribution in [2.75, 3.05) is 13.6 Å². The number of likely N-dealkylation sites (N-methyl/N-ethyl adjacent to an activating group) is 1. The Morgan fingerprint density at radius 2 is 2.30 bits per heavy atom. The van der Waals surface area contributed by atoms with Crippen molar-refractivity contribution in [3.05, 3.63) is 54.2 Å². The molecule has 1 aliphatic carbocycles. The van der Waals surface area contributed by atoms with Gasteiger partial charge in [-0.3, -0.25) is 0 Å². The summed E-state index contributed by atoms with van der Waals surface area (Å²) in [6.45, 7) is 2.25. The van der Waals surface area contributed by atoms with Crippen molar-refractivity contribution >= 4 is 10.9 Å². The highest BCUT2D eigenvalue weighted by molar-refractivity contribution is 5.88. The van der Waals surface area contributed by atoms with Crippen LogP contribution < -0.4 is 0 Å². The van der Waals surface area contributed by atoms with E-state index in [1.807, 2.05) is 12.5 Å². The van der Waals surface area contributed by atoms with E-state index in [1.165, 1.54) is 35.9 Å². The predicted molar refractivity (Wildman–Crippen MR) is 91.5 cm³/mol. The first-order chi connectivity index (χ1) is 11.3. The Balaban J connectivity index is 1.52. The molecule has 5 rings (SSSR count). The Morgan fingerprint density at radius 3 is 3.17 bits per heavy atom. The zero-order valence-electron chi connectivity index (χ0n) is 13.4. The first-order valence-electron chi connectivity index (χ1n) is 8.54. The predicted octanol–water partition coefficient (Wildman–Crippen LogP) is 3.02. The Hall–Kier alpha value is -2.07. The summed E-state index contributed by atoms with van der Waals surface area (Å²) in [5.41, 5.74) is 4.35. The van der Waals surface area contributed by atoms with Crippen LogP contribution in [-0.4, -0.2) is 39.1 Å². The van der Waals surface area contributed by atoms with E-state index in [1.54, 1.807) is 5.56 Å². The maximum absolute atomic E-state index is 4.19. The van der Waals surface area contributed by atoms with Crippen LogP contribution in [0.4, 0.5) is 0 Å². The van der Waals surface area contributed by atoms with Crippen LogP contribution in [0.25, 0.3) is 10.9 Å². The first-order valence-corrected chi connectivity index (χ1v) is 8.54. The van der Waals surface area contributed by atoms with Crippen molar-refractivity contribution in [1.29, 1.82) is 0 Å². The third kappa shape index (κ3) is 2.05. The molecule has 3 heterocycles. The van der Waals surface area contributed by atoms with E-state index in [2.05, 4.69) is 57.1 Å². The van der Waals surface area contributed by atoms with Gasteiger partial charge in [0.1, 0.15) is 0 Å². The fraction of sp³-hybridized carbons (Fsp3) is 0.421. The zero-order chi connectivity index (χ0) is 15.4. The number of hydrogen-bond donors (Lipinski definition) is 1. The van der Waals surface area contributed by atoms with E-state index in [9.17, 15) is 0 Å². The van der Waals surface area contributed by atoms with Gasteiger partial charge >= 0.3 is 0 Å². The molecule has 0 amide bonds. The number of likely N-dealkylation sites (tertiary alicyclic amines) is 1. The van der Waals surface area contributed by atoms with E-state index in [4.69, 9.17) is 0 Å².